The summed E-state index contributed by atoms with van der Waals surface area (Å²) in [5.41, 5.74) is -0.822. The summed E-state index contributed by atoms with van der Waals surface area (Å²) in [6.07, 6.45) is 2.87. The van der Waals surface area contributed by atoms with Gasteiger partial charge in [-0.3, -0.25) is 9.59 Å². The second-order valence-corrected chi connectivity index (χ2v) is 6.63. The minimum absolute atomic E-state index is 0.0231. The SMILES string of the molecule is CC(C)C(C)(CC(=O)O)NC(=O)c1cnc(-c2ccco2)s1. The van der Waals surface area contributed by atoms with Crippen LogP contribution < -0.4 is 5.32 Å². The zero-order valence-electron chi connectivity index (χ0n) is 12.6. The number of nitrogens with one attached hydrogen (secondary N) is 1. The van der Waals surface area contributed by atoms with Crippen molar-refractivity contribution in [3.63, 3.8) is 0 Å². The maximum Gasteiger partial charge on any atom is 0.305 e. The second-order valence-electron chi connectivity index (χ2n) is 5.60. The van der Waals surface area contributed by atoms with E-state index in [2.05, 4.69) is 10.3 Å². The van der Waals surface area contributed by atoms with E-state index in [-0.39, 0.29) is 18.2 Å². The molecule has 7 heteroatoms. The first kappa shape index (κ1) is 16.2. The van der Waals surface area contributed by atoms with Crippen LogP contribution >= 0.6 is 11.3 Å². The van der Waals surface area contributed by atoms with Gasteiger partial charge in [0.1, 0.15) is 4.88 Å². The van der Waals surface area contributed by atoms with Crippen LogP contribution in [0.25, 0.3) is 10.8 Å². The summed E-state index contributed by atoms with van der Waals surface area (Å²) in [5.74, 6) is -0.698. The standard InChI is InChI=1S/C15H18N2O4S/c1-9(2)15(3,7-12(18)19)17-13(20)11-8-16-14(22-11)10-5-4-6-21-10/h4-6,8-9H,7H2,1-3H3,(H,17,20)(H,18,19). The van der Waals surface area contributed by atoms with Crippen LogP contribution in [0.3, 0.4) is 0 Å². The molecule has 0 fully saturated rings. The second kappa shape index (κ2) is 6.31. The normalized spacial score (nSPS) is 13.8. The lowest BCUT2D eigenvalue weighted by molar-refractivity contribution is -0.138. The Balaban J connectivity index is 2.16. The molecule has 0 aliphatic heterocycles. The molecule has 2 rings (SSSR count). The molecular weight excluding hydrogens is 304 g/mol. The first-order valence-corrected chi connectivity index (χ1v) is 7.67. The summed E-state index contributed by atoms with van der Waals surface area (Å²) in [6.45, 7) is 5.49. The highest BCUT2D eigenvalue weighted by molar-refractivity contribution is 7.16. The zero-order valence-corrected chi connectivity index (χ0v) is 13.4. The summed E-state index contributed by atoms with van der Waals surface area (Å²) in [6, 6.07) is 3.52. The molecule has 1 amide bonds. The van der Waals surface area contributed by atoms with Crippen molar-refractivity contribution in [2.75, 3.05) is 0 Å². The van der Waals surface area contributed by atoms with Crippen molar-refractivity contribution in [2.45, 2.75) is 32.7 Å². The molecule has 2 aromatic heterocycles. The van der Waals surface area contributed by atoms with Gasteiger partial charge in [-0.15, -0.1) is 11.3 Å². The summed E-state index contributed by atoms with van der Waals surface area (Å²) in [4.78, 5) is 28.0. The van der Waals surface area contributed by atoms with Crippen LogP contribution in [0.4, 0.5) is 0 Å². The number of amides is 1. The molecule has 2 heterocycles. The van der Waals surface area contributed by atoms with E-state index in [1.165, 1.54) is 17.5 Å². The number of carboxylic acids is 1. The van der Waals surface area contributed by atoms with Crippen molar-refractivity contribution < 1.29 is 19.1 Å². The van der Waals surface area contributed by atoms with Crippen molar-refractivity contribution in [2.24, 2.45) is 5.92 Å². The molecule has 6 nitrogen and oxygen atoms in total. The van der Waals surface area contributed by atoms with Crippen LogP contribution in [0.5, 0.6) is 0 Å². The number of aromatic nitrogens is 1. The van der Waals surface area contributed by atoms with E-state index in [1.807, 2.05) is 13.8 Å². The van der Waals surface area contributed by atoms with Crippen molar-refractivity contribution >= 4 is 23.2 Å². The predicted octanol–water partition coefficient (Wildman–Crippen LogP) is 3.02. The quantitative estimate of drug-likeness (QED) is 0.853. The lowest BCUT2D eigenvalue weighted by Crippen LogP contribution is -2.51. The molecule has 0 radical (unpaired) electrons. The Labute approximate surface area is 132 Å². The number of rotatable bonds is 6. The molecule has 1 unspecified atom stereocenters. The van der Waals surface area contributed by atoms with Crippen molar-refractivity contribution in [3.05, 3.63) is 29.5 Å². The van der Waals surface area contributed by atoms with E-state index in [0.717, 1.165) is 0 Å². The average Bonchev–Trinajstić information content (AvgIpc) is 3.08. The summed E-state index contributed by atoms with van der Waals surface area (Å²) >= 11 is 1.21. The Hall–Kier alpha value is -2.15. The topological polar surface area (TPSA) is 92.4 Å². The molecule has 22 heavy (non-hydrogen) atoms. The Morgan fingerprint density at radius 1 is 1.50 bits per heavy atom. The third kappa shape index (κ3) is 3.54. The molecular formula is C15H18N2O4S. The Morgan fingerprint density at radius 2 is 2.23 bits per heavy atom. The highest BCUT2D eigenvalue weighted by Gasteiger charge is 2.33. The molecule has 1 atom stereocenters. The van der Waals surface area contributed by atoms with E-state index in [1.54, 1.807) is 25.3 Å². The summed E-state index contributed by atoms with van der Waals surface area (Å²) in [7, 11) is 0. The van der Waals surface area contributed by atoms with E-state index in [0.29, 0.717) is 15.6 Å². The first-order valence-electron chi connectivity index (χ1n) is 6.86. The maximum absolute atomic E-state index is 12.4. The van der Waals surface area contributed by atoms with Gasteiger partial charge in [-0.25, -0.2) is 4.98 Å². The van der Waals surface area contributed by atoms with Gasteiger partial charge >= 0.3 is 5.97 Å². The molecule has 0 spiro atoms. The van der Waals surface area contributed by atoms with E-state index >= 15 is 0 Å². The average molecular weight is 322 g/mol. The van der Waals surface area contributed by atoms with Crippen LogP contribution in [0.2, 0.25) is 0 Å². The molecule has 0 saturated carbocycles. The lowest BCUT2D eigenvalue weighted by Gasteiger charge is -2.33. The van der Waals surface area contributed by atoms with E-state index < -0.39 is 11.5 Å². The molecule has 0 aromatic carbocycles. The fourth-order valence-electron chi connectivity index (χ4n) is 1.92. The van der Waals surface area contributed by atoms with E-state index in [9.17, 15) is 9.59 Å². The van der Waals surface area contributed by atoms with Gasteiger partial charge in [-0.1, -0.05) is 13.8 Å². The minimum atomic E-state index is -0.947. The Bertz CT molecular complexity index is 663. The number of carbonyl (C=O) groups is 2. The molecule has 2 aromatic rings. The number of furan rings is 1. The number of carbonyl (C=O) groups excluding carboxylic acids is 1. The van der Waals surface area contributed by atoms with Crippen LogP contribution in [-0.2, 0) is 4.79 Å². The first-order chi connectivity index (χ1) is 10.3. The molecule has 0 bridgehead atoms. The smallest absolute Gasteiger partial charge is 0.305 e. The molecule has 0 saturated heterocycles. The van der Waals surface area contributed by atoms with Crippen molar-refractivity contribution in [1.29, 1.82) is 0 Å². The number of carboxylic acid groups (broad SMARTS) is 1. The number of hydrogen-bond donors (Lipinski definition) is 2. The zero-order chi connectivity index (χ0) is 16.3. The highest BCUT2D eigenvalue weighted by Crippen LogP contribution is 2.27. The number of aliphatic carboxylic acids is 1. The minimum Gasteiger partial charge on any atom is -0.481 e. The number of nitrogens with zero attached hydrogens (tertiary/aromatic N) is 1. The lowest BCUT2D eigenvalue weighted by atomic mass is 9.85. The molecule has 2 N–H and O–H groups in total. The largest absolute Gasteiger partial charge is 0.481 e. The van der Waals surface area contributed by atoms with Crippen molar-refractivity contribution in [3.8, 4) is 10.8 Å². The highest BCUT2D eigenvalue weighted by atomic mass is 32.1. The van der Waals surface area contributed by atoms with Crippen LogP contribution in [0.1, 0.15) is 36.9 Å². The van der Waals surface area contributed by atoms with Crippen LogP contribution in [0.15, 0.2) is 29.0 Å². The van der Waals surface area contributed by atoms with E-state index in [4.69, 9.17) is 9.52 Å². The van der Waals surface area contributed by atoms with Gasteiger partial charge in [-0.2, -0.15) is 0 Å². The van der Waals surface area contributed by atoms with Crippen LogP contribution in [0, 0.1) is 5.92 Å². The maximum atomic E-state index is 12.4. The predicted molar refractivity (Wildman–Crippen MR) is 82.8 cm³/mol. The van der Waals surface area contributed by atoms with Gasteiger partial charge in [0.25, 0.3) is 5.91 Å². The fraction of sp³-hybridized carbons (Fsp3) is 0.400. The van der Waals surface area contributed by atoms with Crippen LogP contribution in [-0.4, -0.2) is 27.5 Å². The number of hydrogen-bond acceptors (Lipinski definition) is 5. The van der Waals surface area contributed by atoms with Gasteiger partial charge in [0.2, 0.25) is 0 Å². The summed E-state index contributed by atoms with van der Waals surface area (Å²) in [5, 5.41) is 12.5. The molecule has 0 aliphatic rings. The van der Waals surface area contributed by atoms with Gasteiger partial charge in [-0.05, 0) is 25.0 Å². The van der Waals surface area contributed by atoms with Gasteiger partial charge < -0.3 is 14.8 Å². The molecule has 118 valence electrons. The van der Waals surface area contributed by atoms with Crippen molar-refractivity contribution in [1.82, 2.24) is 10.3 Å². The summed E-state index contributed by atoms with van der Waals surface area (Å²) < 4.78 is 5.24. The number of thiazole rings is 1. The third-order valence-corrected chi connectivity index (χ3v) is 4.66. The fourth-order valence-corrected chi connectivity index (χ4v) is 2.70. The Morgan fingerprint density at radius 3 is 2.77 bits per heavy atom. The molecule has 0 aliphatic carbocycles. The van der Waals surface area contributed by atoms with Gasteiger partial charge in [0.15, 0.2) is 10.8 Å². The third-order valence-electron chi connectivity index (χ3n) is 3.65. The monoisotopic (exact) mass is 322 g/mol. The van der Waals surface area contributed by atoms with Gasteiger partial charge in [0, 0.05) is 0 Å². The Kier molecular flexibility index (Phi) is 4.65. The van der Waals surface area contributed by atoms with Gasteiger partial charge in [0.05, 0.1) is 24.4 Å².